The zero-order chi connectivity index (χ0) is 15.3. The highest BCUT2D eigenvalue weighted by molar-refractivity contribution is 7.12. The van der Waals surface area contributed by atoms with Gasteiger partial charge in [-0.15, -0.1) is 11.3 Å². The van der Waals surface area contributed by atoms with Crippen LogP contribution in [0.15, 0.2) is 24.5 Å². The molecule has 0 spiro atoms. The molecule has 2 aromatic heterocycles. The van der Waals surface area contributed by atoms with E-state index in [0.29, 0.717) is 11.8 Å². The second-order valence-corrected chi connectivity index (χ2v) is 7.85. The summed E-state index contributed by atoms with van der Waals surface area (Å²) in [6, 6.07) is 4.59. The molecular weight excluding hydrogens is 294 g/mol. The van der Waals surface area contributed by atoms with Crippen molar-refractivity contribution in [2.24, 2.45) is 13.0 Å². The molecule has 116 valence electrons. The van der Waals surface area contributed by atoms with Crippen LogP contribution in [0, 0.1) is 12.8 Å². The fourth-order valence-electron chi connectivity index (χ4n) is 3.64. The van der Waals surface area contributed by atoms with E-state index >= 15 is 0 Å². The first-order valence-electron chi connectivity index (χ1n) is 7.99. The lowest BCUT2D eigenvalue weighted by atomic mass is 10.1. The molecule has 4 nitrogen and oxygen atoms in total. The maximum atomic E-state index is 12.9. The fourth-order valence-corrected chi connectivity index (χ4v) is 4.69. The number of hydrogen-bond acceptors (Lipinski definition) is 3. The molecule has 2 aliphatic rings. The number of carbonyl (C=O) groups is 1. The SMILES string of the molecule is Cc1ccc([C@@H]2C[C@H]2C(=O)N2CCC[C@H]2c2cnn(C)c2)s1. The van der Waals surface area contributed by atoms with Crippen LogP contribution in [0.1, 0.15) is 46.5 Å². The van der Waals surface area contributed by atoms with Gasteiger partial charge in [0.1, 0.15) is 0 Å². The van der Waals surface area contributed by atoms with Crippen molar-refractivity contribution in [2.75, 3.05) is 6.54 Å². The topological polar surface area (TPSA) is 38.1 Å². The van der Waals surface area contributed by atoms with E-state index in [9.17, 15) is 4.79 Å². The molecule has 0 bridgehead atoms. The van der Waals surface area contributed by atoms with E-state index in [-0.39, 0.29) is 12.0 Å². The second-order valence-electron chi connectivity index (χ2n) is 6.53. The molecular formula is C17H21N3OS. The van der Waals surface area contributed by atoms with Crippen LogP contribution in [0.3, 0.4) is 0 Å². The monoisotopic (exact) mass is 315 g/mol. The van der Waals surface area contributed by atoms with Crippen LogP contribution in [0.5, 0.6) is 0 Å². The lowest BCUT2D eigenvalue weighted by Gasteiger charge is -2.24. The summed E-state index contributed by atoms with van der Waals surface area (Å²) >= 11 is 1.84. The summed E-state index contributed by atoms with van der Waals surface area (Å²) in [6.07, 6.45) is 7.13. The maximum Gasteiger partial charge on any atom is 0.226 e. The van der Waals surface area contributed by atoms with Gasteiger partial charge in [-0.2, -0.15) is 5.10 Å². The van der Waals surface area contributed by atoms with Crippen molar-refractivity contribution >= 4 is 17.2 Å². The van der Waals surface area contributed by atoms with Crippen LogP contribution in [-0.4, -0.2) is 27.1 Å². The maximum absolute atomic E-state index is 12.9. The van der Waals surface area contributed by atoms with Gasteiger partial charge in [0.25, 0.3) is 0 Å². The van der Waals surface area contributed by atoms with E-state index in [1.54, 1.807) is 0 Å². The minimum absolute atomic E-state index is 0.204. The fraction of sp³-hybridized carbons (Fsp3) is 0.529. The predicted octanol–water partition coefficient (Wildman–Crippen LogP) is 3.26. The number of thiophene rings is 1. The van der Waals surface area contributed by atoms with E-state index < -0.39 is 0 Å². The number of aryl methyl sites for hydroxylation is 2. The first-order chi connectivity index (χ1) is 10.6. The van der Waals surface area contributed by atoms with Crippen molar-refractivity contribution < 1.29 is 4.79 Å². The van der Waals surface area contributed by atoms with Gasteiger partial charge < -0.3 is 4.90 Å². The van der Waals surface area contributed by atoms with Crippen LogP contribution in [-0.2, 0) is 11.8 Å². The Hall–Kier alpha value is -1.62. The van der Waals surface area contributed by atoms with Gasteiger partial charge in [-0.1, -0.05) is 0 Å². The summed E-state index contributed by atoms with van der Waals surface area (Å²) < 4.78 is 1.82. The Kier molecular flexibility index (Phi) is 3.33. The van der Waals surface area contributed by atoms with Gasteiger partial charge in [-0.05, 0) is 38.3 Å². The number of carbonyl (C=O) groups excluding carboxylic acids is 1. The van der Waals surface area contributed by atoms with E-state index in [4.69, 9.17) is 0 Å². The summed E-state index contributed by atoms with van der Waals surface area (Å²) in [6.45, 7) is 3.03. The molecule has 2 fully saturated rings. The van der Waals surface area contributed by atoms with Crippen molar-refractivity contribution in [2.45, 2.75) is 38.1 Å². The second kappa shape index (κ2) is 5.23. The van der Waals surface area contributed by atoms with E-state index in [1.165, 1.54) is 15.3 Å². The highest BCUT2D eigenvalue weighted by atomic mass is 32.1. The third-order valence-electron chi connectivity index (χ3n) is 4.88. The minimum atomic E-state index is 0.204. The van der Waals surface area contributed by atoms with E-state index in [0.717, 1.165) is 25.8 Å². The summed E-state index contributed by atoms with van der Waals surface area (Å²) in [4.78, 5) is 17.7. The number of rotatable bonds is 3. The number of amides is 1. The molecule has 0 unspecified atom stereocenters. The minimum Gasteiger partial charge on any atom is -0.335 e. The summed E-state index contributed by atoms with van der Waals surface area (Å²) in [5.41, 5.74) is 1.18. The quantitative estimate of drug-likeness (QED) is 0.872. The summed E-state index contributed by atoms with van der Waals surface area (Å²) in [5.74, 6) is 1.01. The highest BCUT2D eigenvalue weighted by Gasteiger charge is 2.48. The van der Waals surface area contributed by atoms with Crippen molar-refractivity contribution in [1.29, 1.82) is 0 Å². The van der Waals surface area contributed by atoms with Crippen LogP contribution in [0.4, 0.5) is 0 Å². The lowest BCUT2D eigenvalue weighted by molar-refractivity contribution is -0.133. The Bertz CT molecular complexity index is 704. The van der Waals surface area contributed by atoms with Crippen molar-refractivity contribution in [3.63, 3.8) is 0 Å². The van der Waals surface area contributed by atoms with E-state index in [1.807, 2.05) is 35.5 Å². The molecule has 1 amide bonds. The average Bonchev–Trinajstić information content (AvgIpc) is 2.85. The largest absolute Gasteiger partial charge is 0.335 e. The average molecular weight is 315 g/mol. The van der Waals surface area contributed by atoms with Crippen LogP contribution < -0.4 is 0 Å². The Labute approximate surface area is 134 Å². The van der Waals surface area contributed by atoms with Gasteiger partial charge >= 0.3 is 0 Å². The highest BCUT2D eigenvalue weighted by Crippen LogP contribution is 2.51. The van der Waals surface area contributed by atoms with Gasteiger partial charge in [-0.25, -0.2) is 0 Å². The molecule has 3 heterocycles. The molecule has 4 rings (SSSR count). The predicted molar refractivity (Wildman–Crippen MR) is 86.8 cm³/mol. The molecule has 1 aliphatic carbocycles. The van der Waals surface area contributed by atoms with Gasteiger partial charge in [-0.3, -0.25) is 9.48 Å². The molecule has 1 aliphatic heterocycles. The Morgan fingerprint density at radius 3 is 2.95 bits per heavy atom. The van der Waals surface area contributed by atoms with Gasteiger partial charge in [0.05, 0.1) is 12.2 Å². The zero-order valence-electron chi connectivity index (χ0n) is 13.0. The van der Waals surface area contributed by atoms with E-state index in [2.05, 4.69) is 29.1 Å². The Morgan fingerprint density at radius 1 is 1.41 bits per heavy atom. The molecule has 0 N–H and O–H groups in total. The molecule has 1 saturated carbocycles. The Balaban J connectivity index is 1.48. The molecule has 3 atom stereocenters. The first kappa shape index (κ1) is 14.0. The molecule has 0 radical (unpaired) electrons. The standard InChI is InChI=1S/C17H21N3OS/c1-11-5-6-16(22-11)13-8-14(13)17(21)20-7-3-4-15(20)12-9-18-19(2)10-12/h5-6,9-10,13-15H,3-4,7-8H2,1-2H3/t13-,14-,15+/m1/s1. The Morgan fingerprint density at radius 2 is 2.27 bits per heavy atom. The zero-order valence-corrected chi connectivity index (χ0v) is 13.8. The third-order valence-corrected chi connectivity index (χ3v) is 6.01. The number of hydrogen-bond donors (Lipinski definition) is 0. The summed E-state index contributed by atoms with van der Waals surface area (Å²) in [7, 11) is 1.93. The van der Waals surface area contributed by atoms with Crippen molar-refractivity contribution in [1.82, 2.24) is 14.7 Å². The molecule has 1 saturated heterocycles. The normalized spacial score (nSPS) is 27.4. The van der Waals surface area contributed by atoms with Crippen molar-refractivity contribution in [3.8, 4) is 0 Å². The van der Waals surface area contributed by atoms with Crippen LogP contribution >= 0.6 is 11.3 Å². The first-order valence-corrected chi connectivity index (χ1v) is 8.80. The molecule has 5 heteroatoms. The summed E-state index contributed by atoms with van der Waals surface area (Å²) in [5, 5.41) is 4.26. The number of nitrogens with zero attached hydrogens (tertiary/aromatic N) is 3. The van der Waals surface area contributed by atoms with Gasteiger partial charge in [0, 0.05) is 46.9 Å². The number of likely N-dealkylation sites (tertiary alicyclic amines) is 1. The van der Waals surface area contributed by atoms with Crippen LogP contribution in [0.2, 0.25) is 0 Å². The smallest absolute Gasteiger partial charge is 0.226 e. The van der Waals surface area contributed by atoms with Gasteiger partial charge in [0.2, 0.25) is 5.91 Å². The lowest BCUT2D eigenvalue weighted by Crippen LogP contribution is -2.32. The third kappa shape index (κ3) is 2.37. The molecule has 0 aromatic carbocycles. The van der Waals surface area contributed by atoms with Crippen molar-refractivity contribution in [3.05, 3.63) is 39.8 Å². The molecule has 22 heavy (non-hydrogen) atoms. The molecule has 2 aromatic rings. The van der Waals surface area contributed by atoms with Gasteiger partial charge in [0.15, 0.2) is 0 Å². The van der Waals surface area contributed by atoms with Crippen LogP contribution in [0.25, 0.3) is 0 Å². The number of aromatic nitrogens is 2.